The first-order valence-corrected chi connectivity index (χ1v) is 10.4. The largest absolute Gasteiger partial charge is 0.454 e. The molecule has 0 saturated carbocycles. The fourth-order valence-electron chi connectivity index (χ4n) is 4.58. The number of nitrogens with zero attached hydrogens (tertiary/aromatic N) is 3. The number of piperazine rings is 1. The third-order valence-corrected chi connectivity index (χ3v) is 6.18. The van der Waals surface area contributed by atoms with E-state index < -0.39 is 0 Å². The fraction of sp³-hybridized carbons (Fsp3) is 0.304. The lowest BCUT2D eigenvalue weighted by molar-refractivity contribution is -0.914. The number of ether oxygens (including phenoxy) is 2. The van der Waals surface area contributed by atoms with E-state index in [-0.39, 0.29) is 0 Å². The Morgan fingerprint density at radius 3 is 2.80 bits per heavy atom. The Labute approximate surface area is 174 Å². The molecule has 7 nitrogen and oxygen atoms in total. The van der Waals surface area contributed by atoms with Crippen molar-refractivity contribution in [3.8, 4) is 11.5 Å². The summed E-state index contributed by atoms with van der Waals surface area (Å²) in [6.07, 6.45) is 1.69. The molecule has 2 aliphatic rings. The van der Waals surface area contributed by atoms with Crippen molar-refractivity contribution in [3.63, 3.8) is 0 Å². The van der Waals surface area contributed by atoms with Crippen molar-refractivity contribution in [1.82, 2.24) is 15.0 Å². The second-order valence-electron chi connectivity index (χ2n) is 8.20. The van der Waals surface area contributed by atoms with Crippen LogP contribution >= 0.6 is 0 Å². The lowest BCUT2D eigenvalue weighted by Gasteiger charge is -2.33. The zero-order valence-corrected chi connectivity index (χ0v) is 16.9. The average Bonchev–Trinajstić information content (AvgIpc) is 3.38. The first kappa shape index (κ1) is 17.5. The van der Waals surface area contributed by atoms with Crippen LogP contribution in [0.1, 0.15) is 11.1 Å². The van der Waals surface area contributed by atoms with Gasteiger partial charge in [-0.05, 0) is 37.3 Å². The highest BCUT2D eigenvalue weighted by atomic mass is 16.7. The van der Waals surface area contributed by atoms with E-state index in [0.29, 0.717) is 6.79 Å². The zero-order chi connectivity index (χ0) is 20.1. The van der Waals surface area contributed by atoms with Crippen LogP contribution in [0.2, 0.25) is 0 Å². The van der Waals surface area contributed by atoms with Crippen molar-refractivity contribution in [3.05, 3.63) is 53.9 Å². The Hall–Kier alpha value is -3.32. The van der Waals surface area contributed by atoms with Gasteiger partial charge in [-0.25, -0.2) is 9.97 Å². The van der Waals surface area contributed by atoms with Gasteiger partial charge >= 0.3 is 0 Å². The number of H-pyrrole nitrogens is 1. The molecular formula is C23H24N5O2+. The molecule has 30 heavy (non-hydrogen) atoms. The lowest BCUT2D eigenvalue weighted by Crippen LogP contribution is -3.13. The van der Waals surface area contributed by atoms with E-state index in [9.17, 15) is 0 Å². The SMILES string of the molecule is Cc1ccc2[nH]c3c(N4CC[NH+](Cc5ccc6c(c5)OCO6)CC4)ncnc3c2c1. The molecule has 152 valence electrons. The third kappa shape index (κ3) is 2.93. The van der Waals surface area contributed by atoms with Crippen LogP contribution in [0.25, 0.3) is 21.9 Å². The highest BCUT2D eigenvalue weighted by molar-refractivity contribution is 6.08. The molecule has 0 atom stereocenters. The number of aromatic nitrogens is 3. The topological polar surface area (TPSA) is 67.7 Å². The minimum absolute atomic E-state index is 0.324. The second kappa shape index (κ2) is 6.88. The van der Waals surface area contributed by atoms with Gasteiger partial charge in [0, 0.05) is 16.5 Å². The molecule has 0 amide bonds. The van der Waals surface area contributed by atoms with Crippen molar-refractivity contribution in [2.75, 3.05) is 37.9 Å². The average molecular weight is 402 g/mol. The van der Waals surface area contributed by atoms with E-state index >= 15 is 0 Å². The van der Waals surface area contributed by atoms with E-state index in [1.54, 1.807) is 11.2 Å². The van der Waals surface area contributed by atoms with Gasteiger partial charge in [0.2, 0.25) is 6.79 Å². The Balaban J connectivity index is 1.21. The van der Waals surface area contributed by atoms with Gasteiger partial charge in [0.1, 0.15) is 23.9 Å². The standard InChI is InChI=1S/C23H23N5O2/c1-15-2-4-18-17(10-15)21-22(26-18)23(25-13-24-21)28-8-6-27(7-9-28)12-16-3-5-19-20(11-16)30-14-29-19/h2-5,10-11,13,26H,6-9,12,14H2,1H3/p+1. The van der Waals surface area contributed by atoms with E-state index in [1.165, 1.54) is 16.5 Å². The van der Waals surface area contributed by atoms with Gasteiger partial charge < -0.3 is 24.3 Å². The number of benzene rings is 2. The minimum Gasteiger partial charge on any atom is -0.454 e. The summed E-state index contributed by atoms with van der Waals surface area (Å²) >= 11 is 0. The summed E-state index contributed by atoms with van der Waals surface area (Å²) in [5, 5.41) is 1.17. The van der Waals surface area contributed by atoms with Crippen molar-refractivity contribution in [2.24, 2.45) is 0 Å². The first-order chi connectivity index (χ1) is 14.7. The third-order valence-electron chi connectivity index (χ3n) is 6.18. The molecule has 1 fully saturated rings. The molecule has 7 heteroatoms. The molecule has 2 aromatic carbocycles. The summed E-state index contributed by atoms with van der Waals surface area (Å²) in [6, 6.07) is 12.7. The molecule has 2 N–H and O–H groups in total. The normalized spacial score (nSPS) is 16.6. The van der Waals surface area contributed by atoms with Gasteiger partial charge in [-0.15, -0.1) is 0 Å². The van der Waals surface area contributed by atoms with Crippen LogP contribution in [-0.4, -0.2) is 47.9 Å². The quantitative estimate of drug-likeness (QED) is 0.549. The van der Waals surface area contributed by atoms with Gasteiger partial charge in [-0.2, -0.15) is 0 Å². The Kier molecular flexibility index (Phi) is 4.02. The molecule has 0 aliphatic carbocycles. The summed E-state index contributed by atoms with van der Waals surface area (Å²) in [6.45, 7) is 7.52. The molecule has 0 spiro atoms. The fourth-order valence-corrected chi connectivity index (χ4v) is 4.58. The highest BCUT2D eigenvalue weighted by Crippen LogP contribution is 2.32. The highest BCUT2D eigenvalue weighted by Gasteiger charge is 2.24. The van der Waals surface area contributed by atoms with Crippen LogP contribution in [0.3, 0.4) is 0 Å². The molecule has 4 aromatic rings. The van der Waals surface area contributed by atoms with E-state index in [4.69, 9.17) is 9.47 Å². The predicted octanol–water partition coefficient (Wildman–Crippen LogP) is 2.05. The van der Waals surface area contributed by atoms with Crippen LogP contribution in [0.4, 0.5) is 5.82 Å². The lowest BCUT2D eigenvalue weighted by atomic mass is 10.1. The number of hydrogen-bond acceptors (Lipinski definition) is 5. The van der Waals surface area contributed by atoms with Crippen molar-refractivity contribution in [2.45, 2.75) is 13.5 Å². The number of fused-ring (bicyclic) bond motifs is 4. The molecule has 0 unspecified atom stereocenters. The molecular weight excluding hydrogens is 378 g/mol. The van der Waals surface area contributed by atoms with Crippen LogP contribution in [0.15, 0.2) is 42.7 Å². The molecule has 0 radical (unpaired) electrons. The van der Waals surface area contributed by atoms with Gasteiger partial charge in [-0.3, -0.25) is 0 Å². The molecule has 6 rings (SSSR count). The number of aryl methyl sites for hydroxylation is 1. The van der Waals surface area contributed by atoms with E-state index in [2.05, 4.69) is 57.1 Å². The zero-order valence-electron chi connectivity index (χ0n) is 16.9. The number of rotatable bonds is 3. The Bertz CT molecular complexity index is 1240. The second-order valence-corrected chi connectivity index (χ2v) is 8.20. The van der Waals surface area contributed by atoms with Crippen LogP contribution < -0.4 is 19.3 Å². The predicted molar refractivity (Wildman–Crippen MR) is 115 cm³/mol. The maximum Gasteiger partial charge on any atom is 0.231 e. The molecule has 0 bridgehead atoms. The van der Waals surface area contributed by atoms with Gasteiger partial charge in [0.25, 0.3) is 0 Å². The number of nitrogens with one attached hydrogen (secondary N) is 2. The van der Waals surface area contributed by atoms with E-state index in [1.807, 2.05) is 6.07 Å². The summed E-state index contributed by atoms with van der Waals surface area (Å²) < 4.78 is 10.9. The summed E-state index contributed by atoms with van der Waals surface area (Å²) in [5.41, 5.74) is 5.69. The monoisotopic (exact) mass is 402 g/mol. The Morgan fingerprint density at radius 2 is 1.90 bits per heavy atom. The molecule has 2 aliphatic heterocycles. The van der Waals surface area contributed by atoms with Crippen LogP contribution in [0.5, 0.6) is 11.5 Å². The van der Waals surface area contributed by atoms with E-state index in [0.717, 1.165) is 66.6 Å². The number of anilines is 1. The van der Waals surface area contributed by atoms with Crippen LogP contribution in [-0.2, 0) is 6.54 Å². The van der Waals surface area contributed by atoms with Crippen molar-refractivity contribution >= 4 is 27.8 Å². The van der Waals surface area contributed by atoms with Gasteiger partial charge in [-0.1, -0.05) is 11.6 Å². The molecule has 1 saturated heterocycles. The maximum atomic E-state index is 5.52. The van der Waals surface area contributed by atoms with Crippen LogP contribution in [0, 0.1) is 6.92 Å². The number of aromatic amines is 1. The molecule has 2 aromatic heterocycles. The van der Waals surface area contributed by atoms with Gasteiger partial charge in [0.05, 0.1) is 26.2 Å². The smallest absolute Gasteiger partial charge is 0.231 e. The minimum atomic E-state index is 0.324. The first-order valence-electron chi connectivity index (χ1n) is 10.4. The summed E-state index contributed by atoms with van der Waals surface area (Å²) in [4.78, 5) is 16.7. The maximum absolute atomic E-state index is 5.52. The number of quaternary nitrogens is 1. The molecule has 4 heterocycles. The van der Waals surface area contributed by atoms with Crippen molar-refractivity contribution in [1.29, 1.82) is 0 Å². The Morgan fingerprint density at radius 1 is 1.03 bits per heavy atom. The van der Waals surface area contributed by atoms with Crippen molar-refractivity contribution < 1.29 is 14.4 Å². The summed E-state index contributed by atoms with van der Waals surface area (Å²) in [7, 11) is 0. The number of hydrogen-bond donors (Lipinski definition) is 2. The van der Waals surface area contributed by atoms with Gasteiger partial charge in [0.15, 0.2) is 17.3 Å². The summed E-state index contributed by atoms with van der Waals surface area (Å²) in [5.74, 6) is 2.72.